The van der Waals surface area contributed by atoms with Crippen LogP contribution in [0.15, 0.2) is 53.4 Å². The summed E-state index contributed by atoms with van der Waals surface area (Å²) in [7, 11) is -3.47. The first-order valence-electron chi connectivity index (χ1n) is 7.94. The third-order valence-corrected chi connectivity index (χ3v) is 6.49. The Bertz CT molecular complexity index is 874. The highest BCUT2D eigenvalue weighted by molar-refractivity contribution is 7.92. The molecule has 2 aromatic rings. The molecule has 1 aliphatic heterocycles. The molecule has 132 valence electrons. The molecule has 2 aromatic carbocycles. The van der Waals surface area contributed by atoms with Crippen molar-refractivity contribution in [1.82, 2.24) is 4.90 Å². The third-order valence-electron chi connectivity index (χ3n) is 4.13. The molecule has 5 nitrogen and oxygen atoms in total. The van der Waals surface area contributed by atoms with E-state index < -0.39 is 15.1 Å². The second-order valence-corrected chi connectivity index (χ2v) is 8.42. The summed E-state index contributed by atoms with van der Waals surface area (Å²) >= 11 is 5.80. The Morgan fingerprint density at radius 1 is 1.16 bits per heavy atom. The maximum absolute atomic E-state index is 12.6. The highest BCUT2D eigenvalue weighted by Crippen LogP contribution is 2.28. The summed E-state index contributed by atoms with van der Waals surface area (Å²) in [6.07, 6.45) is 0. The van der Waals surface area contributed by atoms with Crippen LogP contribution in [-0.4, -0.2) is 44.2 Å². The number of carbonyl (C=O) groups is 1. The predicted octanol–water partition coefficient (Wildman–Crippen LogP) is 3.04. The minimum absolute atomic E-state index is 0.171. The normalized spacial score (nSPS) is 14.9. The number of rotatable bonds is 5. The smallest absolute Gasteiger partial charge is 0.257 e. The van der Waals surface area contributed by atoms with Crippen LogP contribution in [0.4, 0.5) is 0 Å². The van der Waals surface area contributed by atoms with Crippen LogP contribution in [0, 0.1) is 0 Å². The zero-order chi connectivity index (χ0) is 18.0. The van der Waals surface area contributed by atoms with Gasteiger partial charge in [0, 0.05) is 18.1 Å². The van der Waals surface area contributed by atoms with E-state index >= 15 is 0 Å². The molecule has 0 unspecified atom stereocenters. The number of sulfone groups is 1. The van der Waals surface area contributed by atoms with Crippen molar-refractivity contribution in [3.05, 3.63) is 59.1 Å². The maximum atomic E-state index is 12.6. The lowest BCUT2D eigenvalue weighted by Gasteiger charge is -2.38. The fourth-order valence-electron chi connectivity index (χ4n) is 2.71. The van der Waals surface area contributed by atoms with Gasteiger partial charge in [0.05, 0.1) is 17.1 Å². The second kappa shape index (κ2) is 7.06. The standard InChI is InChI=1S/C18H18ClNO4S/c1-2-24-17-6-4-3-5-16(17)18(21)20-11-15(12-20)25(22,23)14-9-7-13(19)8-10-14/h3-10,15H,2,11-12H2,1H3. The van der Waals surface area contributed by atoms with Crippen LogP contribution < -0.4 is 4.74 Å². The molecule has 0 saturated carbocycles. The van der Waals surface area contributed by atoms with Gasteiger partial charge >= 0.3 is 0 Å². The van der Waals surface area contributed by atoms with Gasteiger partial charge in [0.15, 0.2) is 9.84 Å². The average Bonchev–Trinajstić information content (AvgIpc) is 2.54. The van der Waals surface area contributed by atoms with Gasteiger partial charge in [-0.15, -0.1) is 0 Å². The molecule has 1 amide bonds. The number of ether oxygens (including phenoxy) is 1. The van der Waals surface area contributed by atoms with E-state index in [-0.39, 0.29) is 23.9 Å². The van der Waals surface area contributed by atoms with Crippen molar-refractivity contribution in [3.63, 3.8) is 0 Å². The Morgan fingerprint density at radius 3 is 2.44 bits per heavy atom. The number of hydrogen-bond donors (Lipinski definition) is 0. The van der Waals surface area contributed by atoms with Crippen molar-refractivity contribution in [2.75, 3.05) is 19.7 Å². The fraction of sp³-hybridized carbons (Fsp3) is 0.278. The fourth-order valence-corrected chi connectivity index (χ4v) is 4.49. The van der Waals surface area contributed by atoms with Gasteiger partial charge in [-0.3, -0.25) is 4.79 Å². The summed E-state index contributed by atoms with van der Waals surface area (Å²) < 4.78 is 30.7. The van der Waals surface area contributed by atoms with Crippen LogP contribution in [0.3, 0.4) is 0 Å². The number of hydrogen-bond acceptors (Lipinski definition) is 4. The Balaban J connectivity index is 1.72. The summed E-state index contributed by atoms with van der Waals surface area (Å²) in [4.78, 5) is 14.4. The molecule has 1 saturated heterocycles. The van der Waals surface area contributed by atoms with Crippen LogP contribution in [0.1, 0.15) is 17.3 Å². The zero-order valence-corrected chi connectivity index (χ0v) is 15.3. The van der Waals surface area contributed by atoms with Crippen LogP contribution in [-0.2, 0) is 9.84 Å². The third kappa shape index (κ3) is 3.50. The summed E-state index contributed by atoms with van der Waals surface area (Å²) in [5.41, 5.74) is 0.451. The first-order valence-corrected chi connectivity index (χ1v) is 9.86. The number of likely N-dealkylation sites (tertiary alicyclic amines) is 1. The topological polar surface area (TPSA) is 63.7 Å². The SMILES string of the molecule is CCOc1ccccc1C(=O)N1CC(S(=O)(=O)c2ccc(Cl)cc2)C1. The molecule has 1 heterocycles. The molecule has 0 aliphatic carbocycles. The monoisotopic (exact) mass is 379 g/mol. The van der Waals surface area contributed by atoms with Gasteiger partial charge in [0.25, 0.3) is 5.91 Å². The van der Waals surface area contributed by atoms with E-state index in [1.807, 2.05) is 6.92 Å². The van der Waals surface area contributed by atoms with Crippen LogP contribution in [0.2, 0.25) is 5.02 Å². The molecule has 1 fully saturated rings. The quantitative estimate of drug-likeness (QED) is 0.801. The molecular formula is C18H18ClNO4S. The van der Waals surface area contributed by atoms with Crippen molar-refractivity contribution >= 4 is 27.3 Å². The van der Waals surface area contributed by atoms with Gasteiger partial charge in [0.2, 0.25) is 0 Å². The lowest BCUT2D eigenvalue weighted by atomic mass is 10.1. The van der Waals surface area contributed by atoms with E-state index in [4.69, 9.17) is 16.3 Å². The lowest BCUT2D eigenvalue weighted by Crippen LogP contribution is -2.56. The lowest BCUT2D eigenvalue weighted by molar-refractivity contribution is 0.0654. The number of nitrogens with zero attached hydrogens (tertiary/aromatic N) is 1. The Labute approximate surface area is 152 Å². The van der Waals surface area contributed by atoms with E-state index in [9.17, 15) is 13.2 Å². The van der Waals surface area contributed by atoms with Crippen molar-refractivity contribution in [2.45, 2.75) is 17.1 Å². The number of halogens is 1. The molecule has 0 bridgehead atoms. The first kappa shape index (κ1) is 17.8. The minimum atomic E-state index is -3.47. The van der Waals surface area contributed by atoms with Gasteiger partial charge < -0.3 is 9.64 Å². The van der Waals surface area contributed by atoms with E-state index in [1.165, 1.54) is 17.0 Å². The van der Waals surface area contributed by atoms with Gasteiger partial charge in [-0.25, -0.2) is 8.42 Å². The second-order valence-electron chi connectivity index (χ2n) is 5.76. The average molecular weight is 380 g/mol. The number of para-hydroxylation sites is 1. The largest absolute Gasteiger partial charge is 0.493 e. The Hall–Kier alpha value is -2.05. The van der Waals surface area contributed by atoms with Gasteiger partial charge in [-0.2, -0.15) is 0 Å². The number of benzene rings is 2. The molecule has 1 aliphatic rings. The summed E-state index contributed by atoms with van der Waals surface area (Å²) in [6.45, 7) is 2.64. The first-order chi connectivity index (χ1) is 11.9. The molecule has 7 heteroatoms. The van der Waals surface area contributed by atoms with Gasteiger partial charge in [-0.1, -0.05) is 23.7 Å². The molecular weight excluding hydrogens is 362 g/mol. The molecule has 3 rings (SSSR count). The molecule has 0 spiro atoms. The van der Waals surface area contributed by atoms with Crippen LogP contribution in [0.5, 0.6) is 5.75 Å². The van der Waals surface area contributed by atoms with Crippen LogP contribution in [0.25, 0.3) is 0 Å². The van der Waals surface area contributed by atoms with Crippen molar-refractivity contribution in [3.8, 4) is 5.75 Å². The molecule has 0 radical (unpaired) electrons. The number of carbonyl (C=O) groups excluding carboxylic acids is 1. The Morgan fingerprint density at radius 2 is 1.80 bits per heavy atom. The van der Waals surface area contributed by atoms with E-state index in [0.717, 1.165) is 0 Å². The molecule has 0 N–H and O–H groups in total. The maximum Gasteiger partial charge on any atom is 0.257 e. The summed E-state index contributed by atoms with van der Waals surface area (Å²) in [5, 5.41) is -0.117. The number of amides is 1. The van der Waals surface area contributed by atoms with Crippen molar-refractivity contribution in [1.29, 1.82) is 0 Å². The predicted molar refractivity (Wildman–Crippen MR) is 95.9 cm³/mol. The van der Waals surface area contributed by atoms with Crippen LogP contribution >= 0.6 is 11.6 Å². The zero-order valence-electron chi connectivity index (χ0n) is 13.7. The highest BCUT2D eigenvalue weighted by atomic mass is 35.5. The van der Waals surface area contributed by atoms with Crippen molar-refractivity contribution in [2.24, 2.45) is 0 Å². The highest BCUT2D eigenvalue weighted by Gasteiger charge is 2.41. The molecule has 0 atom stereocenters. The minimum Gasteiger partial charge on any atom is -0.493 e. The van der Waals surface area contributed by atoms with Crippen molar-refractivity contribution < 1.29 is 17.9 Å². The van der Waals surface area contributed by atoms with E-state index in [0.29, 0.717) is 22.9 Å². The summed E-state index contributed by atoms with van der Waals surface area (Å²) in [6, 6.07) is 13.1. The molecule has 0 aromatic heterocycles. The van der Waals surface area contributed by atoms with E-state index in [1.54, 1.807) is 36.4 Å². The van der Waals surface area contributed by atoms with E-state index in [2.05, 4.69) is 0 Å². The Kier molecular flexibility index (Phi) is 5.01. The summed E-state index contributed by atoms with van der Waals surface area (Å²) in [5.74, 6) is 0.297. The van der Waals surface area contributed by atoms with Gasteiger partial charge in [-0.05, 0) is 43.3 Å². The van der Waals surface area contributed by atoms with Gasteiger partial charge in [0.1, 0.15) is 11.0 Å². The molecule has 25 heavy (non-hydrogen) atoms.